The highest BCUT2D eigenvalue weighted by atomic mass is 79.9. The molecule has 0 saturated carbocycles. The average molecular weight is 406 g/mol. The van der Waals surface area contributed by atoms with Crippen LogP contribution < -0.4 is 19.5 Å². The van der Waals surface area contributed by atoms with Crippen LogP contribution in [0.15, 0.2) is 40.9 Å². The van der Waals surface area contributed by atoms with Crippen molar-refractivity contribution in [1.29, 1.82) is 0 Å². The van der Waals surface area contributed by atoms with Crippen LogP contribution in [-0.4, -0.2) is 19.3 Å². The Kier molecular flexibility index (Phi) is 5.81. The summed E-state index contributed by atoms with van der Waals surface area (Å²) in [5.41, 5.74) is 1.95. The summed E-state index contributed by atoms with van der Waals surface area (Å²) in [5, 5.41) is 2.86. The minimum atomic E-state index is -0.0529. The van der Waals surface area contributed by atoms with Crippen molar-refractivity contribution >= 4 is 27.5 Å². The van der Waals surface area contributed by atoms with E-state index in [1.54, 1.807) is 18.2 Å². The van der Waals surface area contributed by atoms with E-state index in [1.807, 2.05) is 12.1 Å². The number of amides is 1. The van der Waals surface area contributed by atoms with Crippen molar-refractivity contribution in [2.75, 3.05) is 18.7 Å². The number of hydrogen-bond donors (Lipinski definition) is 1. The zero-order valence-electron chi connectivity index (χ0n) is 14.0. The number of rotatable bonds is 7. The standard InChI is InChI=1S/C19H20BrNO4/c1-2-13-5-7-16(15(20)10-13)23-9-3-4-19(22)21-14-6-8-17-18(11-14)25-12-24-17/h5-8,10-11H,2-4,9,12H2,1H3,(H,21,22). The SMILES string of the molecule is CCc1ccc(OCCCC(=O)Nc2ccc3c(c2)OCO3)c(Br)c1. The molecular formula is C19H20BrNO4. The Labute approximate surface area is 155 Å². The van der Waals surface area contributed by atoms with Crippen molar-refractivity contribution in [3.05, 3.63) is 46.4 Å². The van der Waals surface area contributed by atoms with Crippen LogP contribution in [-0.2, 0) is 11.2 Å². The second-order valence-electron chi connectivity index (χ2n) is 5.69. The van der Waals surface area contributed by atoms with Crippen molar-refractivity contribution in [2.24, 2.45) is 0 Å². The van der Waals surface area contributed by atoms with Crippen molar-refractivity contribution in [2.45, 2.75) is 26.2 Å². The first kappa shape index (κ1) is 17.6. The van der Waals surface area contributed by atoms with Crippen molar-refractivity contribution in [1.82, 2.24) is 0 Å². The van der Waals surface area contributed by atoms with Crippen molar-refractivity contribution < 1.29 is 19.0 Å². The maximum absolute atomic E-state index is 12.0. The Morgan fingerprint density at radius 1 is 1.20 bits per heavy atom. The van der Waals surface area contributed by atoms with E-state index in [-0.39, 0.29) is 12.7 Å². The molecule has 0 fully saturated rings. The van der Waals surface area contributed by atoms with Crippen LogP contribution in [0.4, 0.5) is 5.69 Å². The number of anilines is 1. The zero-order valence-corrected chi connectivity index (χ0v) is 15.6. The summed E-state index contributed by atoms with van der Waals surface area (Å²) in [4.78, 5) is 12.0. The average Bonchev–Trinajstić information content (AvgIpc) is 3.07. The maximum Gasteiger partial charge on any atom is 0.231 e. The molecule has 1 heterocycles. The Hall–Kier alpha value is -2.21. The Bertz CT molecular complexity index is 763. The van der Waals surface area contributed by atoms with Gasteiger partial charge in [-0.1, -0.05) is 13.0 Å². The molecule has 0 aromatic heterocycles. The predicted octanol–water partition coefficient (Wildman–Crippen LogP) is 4.54. The molecule has 0 bridgehead atoms. The van der Waals surface area contributed by atoms with Gasteiger partial charge in [-0.15, -0.1) is 0 Å². The van der Waals surface area contributed by atoms with Crippen molar-refractivity contribution in [3.63, 3.8) is 0 Å². The lowest BCUT2D eigenvalue weighted by molar-refractivity contribution is -0.116. The van der Waals surface area contributed by atoms with Gasteiger partial charge in [-0.05, 0) is 58.6 Å². The van der Waals surface area contributed by atoms with E-state index in [2.05, 4.69) is 34.2 Å². The van der Waals surface area contributed by atoms with E-state index in [9.17, 15) is 4.79 Å². The third kappa shape index (κ3) is 4.66. The highest BCUT2D eigenvalue weighted by Crippen LogP contribution is 2.34. The van der Waals surface area contributed by atoms with Crippen LogP contribution in [0.2, 0.25) is 0 Å². The van der Waals surface area contributed by atoms with Gasteiger partial charge >= 0.3 is 0 Å². The van der Waals surface area contributed by atoms with Crippen molar-refractivity contribution in [3.8, 4) is 17.2 Å². The highest BCUT2D eigenvalue weighted by molar-refractivity contribution is 9.10. The number of hydrogen-bond acceptors (Lipinski definition) is 4. The van der Waals surface area contributed by atoms with Crippen LogP contribution in [0.1, 0.15) is 25.3 Å². The van der Waals surface area contributed by atoms with Crippen LogP contribution in [0.25, 0.3) is 0 Å². The van der Waals surface area contributed by atoms with Gasteiger partial charge in [-0.25, -0.2) is 0 Å². The lowest BCUT2D eigenvalue weighted by Gasteiger charge is -2.10. The zero-order chi connectivity index (χ0) is 17.6. The van der Waals surface area contributed by atoms with E-state index in [1.165, 1.54) is 5.56 Å². The molecule has 1 aliphatic rings. The topological polar surface area (TPSA) is 56.8 Å². The highest BCUT2D eigenvalue weighted by Gasteiger charge is 2.14. The normalized spacial score (nSPS) is 12.1. The molecule has 0 unspecified atom stereocenters. The Morgan fingerprint density at radius 2 is 2.04 bits per heavy atom. The van der Waals surface area contributed by atoms with Gasteiger partial charge in [0.1, 0.15) is 5.75 Å². The lowest BCUT2D eigenvalue weighted by Crippen LogP contribution is -2.12. The molecule has 1 N–H and O–H groups in total. The third-order valence-electron chi connectivity index (χ3n) is 3.87. The summed E-state index contributed by atoms with van der Waals surface area (Å²) in [5.74, 6) is 2.10. The number of nitrogens with one attached hydrogen (secondary N) is 1. The molecular weight excluding hydrogens is 386 g/mol. The van der Waals surface area contributed by atoms with Crippen LogP contribution in [0.5, 0.6) is 17.2 Å². The number of fused-ring (bicyclic) bond motifs is 1. The lowest BCUT2D eigenvalue weighted by atomic mass is 10.2. The molecule has 2 aromatic carbocycles. The quantitative estimate of drug-likeness (QED) is 0.687. The second-order valence-corrected chi connectivity index (χ2v) is 6.54. The summed E-state index contributed by atoms with van der Waals surface area (Å²) in [6.45, 7) is 2.82. The van der Waals surface area contributed by atoms with Gasteiger partial charge in [-0.2, -0.15) is 0 Å². The fourth-order valence-corrected chi connectivity index (χ4v) is 3.03. The molecule has 1 aliphatic heterocycles. The predicted molar refractivity (Wildman–Crippen MR) is 99.4 cm³/mol. The Balaban J connectivity index is 1.42. The molecule has 2 aromatic rings. The van der Waals surface area contributed by atoms with Gasteiger partial charge in [-0.3, -0.25) is 4.79 Å². The second kappa shape index (κ2) is 8.25. The van der Waals surface area contributed by atoms with Gasteiger partial charge in [0.15, 0.2) is 11.5 Å². The van der Waals surface area contributed by atoms with Gasteiger partial charge < -0.3 is 19.5 Å². The van der Waals surface area contributed by atoms with E-state index >= 15 is 0 Å². The molecule has 5 nitrogen and oxygen atoms in total. The molecule has 1 amide bonds. The third-order valence-corrected chi connectivity index (χ3v) is 4.49. The first-order chi connectivity index (χ1) is 12.2. The summed E-state index contributed by atoms with van der Waals surface area (Å²) < 4.78 is 17.2. The summed E-state index contributed by atoms with van der Waals surface area (Å²) in [6, 6.07) is 11.4. The maximum atomic E-state index is 12.0. The summed E-state index contributed by atoms with van der Waals surface area (Å²) in [7, 11) is 0. The fraction of sp³-hybridized carbons (Fsp3) is 0.316. The van der Waals surface area contributed by atoms with Gasteiger partial charge in [0, 0.05) is 18.2 Å². The number of benzene rings is 2. The monoisotopic (exact) mass is 405 g/mol. The molecule has 0 atom stereocenters. The smallest absolute Gasteiger partial charge is 0.231 e. The molecule has 0 aliphatic carbocycles. The van der Waals surface area contributed by atoms with Crippen LogP contribution >= 0.6 is 15.9 Å². The summed E-state index contributed by atoms with van der Waals surface area (Å²) >= 11 is 3.51. The molecule has 0 spiro atoms. The largest absolute Gasteiger partial charge is 0.492 e. The van der Waals surface area contributed by atoms with Crippen LogP contribution in [0, 0.1) is 0 Å². The minimum Gasteiger partial charge on any atom is -0.492 e. The minimum absolute atomic E-state index is 0.0529. The summed E-state index contributed by atoms with van der Waals surface area (Å²) in [6.07, 6.45) is 2.01. The van der Waals surface area contributed by atoms with Crippen LogP contribution in [0.3, 0.4) is 0 Å². The number of carbonyl (C=O) groups excluding carboxylic acids is 1. The van der Waals surface area contributed by atoms with Gasteiger partial charge in [0.05, 0.1) is 11.1 Å². The first-order valence-electron chi connectivity index (χ1n) is 8.26. The molecule has 3 rings (SSSR count). The number of halogens is 1. The Morgan fingerprint density at radius 3 is 2.84 bits per heavy atom. The van der Waals surface area contributed by atoms with Gasteiger partial charge in [0.2, 0.25) is 12.7 Å². The number of ether oxygens (including phenoxy) is 3. The van der Waals surface area contributed by atoms with Gasteiger partial charge in [0.25, 0.3) is 0 Å². The molecule has 132 valence electrons. The number of aryl methyl sites for hydroxylation is 1. The van der Waals surface area contributed by atoms with E-state index < -0.39 is 0 Å². The van der Waals surface area contributed by atoms with E-state index in [4.69, 9.17) is 14.2 Å². The number of carbonyl (C=O) groups is 1. The molecule has 0 radical (unpaired) electrons. The van der Waals surface area contributed by atoms with E-state index in [0.29, 0.717) is 36.6 Å². The molecule has 6 heteroatoms. The van der Waals surface area contributed by atoms with E-state index in [0.717, 1.165) is 16.6 Å². The molecule has 0 saturated heterocycles. The molecule has 25 heavy (non-hydrogen) atoms. The first-order valence-corrected chi connectivity index (χ1v) is 9.05. The fourth-order valence-electron chi connectivity index (χ4n) is 2.49.